The lowest BCUT2D eigenvalue weighted by Gasteiger charge is -2.28. The fraction of sp³-hybridized carbons (Fsp3) is 0.474. The first-order valence-corrected chi connectivity index (χ1v) is 10.9. The Morgan fingerprint density at radius 3 is 2.55 bits per heavy atom. The third-order valence-electron chi connectivity index (χ3n) is 5.41. The quantitative estimate of drug-likeness (QED) is 0.695. The maximum absolute atomic E-state index is 13.1. The molecule has 2 heterocycles. The van der Waals surface area contributed by atoms with Crippen LogP contribution < -0.4 is 5.73 Å². The van der Waals surface area contributed by atoms with Crippen LogP contribution in [-0.4, -0.2) is 54.3 Å². The number of aromatic nitrogens is 1. The molecule has 0 unspecified atom stereocenters. The van der Waals surface area contributed by atoms with Crippen LogP contribution in [0.2, 0.25) is 0 Å². The van der Waals surface area contributed by atoms with Crippen LogP contribution in [0.3, 0.4) is 0 Å². The molecule has 1 aromatic heterocycles. The molecule has 1 amide bonds. The first-order valence-electron chi connectivity index (χ1n) is 9.48. The lowest BCUT2D eigenvalue weighted by atomic mass is 9.82. The fourth-order valence-corrected chi connectivity index (χ4v) is 5.38. The van der Waals surface area contributed by atoms with Gasteiger partial charge in [-0.25, -0.2) is 4.39 Å². The molecule has 1 atom stereocenters. The Labute approximate surface area is 169 Å². The Morgan fingerprint density at radius 2 is 1.97 bits per heavy atom. The molecule has 1 fully saturated rings. The summed E-state index contributed by atoms with van der Waals surface area (Å²) in [6.07, 6.45) is 0.441. The maximum atomic E-state index is 13.1. The van der Waals surface area contributed by atoms with Crippen LogP contribution in [0.1, 0.15) is 26.0 Å². The van der Waals surface area contributed by atoms with Crippen molar-refractivity contribution >= 4 is 16.1 Å². The van der Waals surface area contributed by atoms with Gasteiger partial charge in [0, 0.05) is 44.2 Å². The maximum Gasteiger partial charge on any atom is 0.281 e. The number of benzene rings is 1. The van der Waals surface area contributed by atoms with Crippen LogP contribution in [0.5, 0.6) is 0 Å². The third kappa shape index (κ3) is 4.19. The number of hydrogen-bond acceptors (Lipinski definition) is 5. The molecule has 0 aliphatic carbocycles. The number of amides is 1. The molecule has 158 valence electrons. The first kappa shape index (κ1) is 21.4. The summed E-state index contributed by atoms with van der Waals surface area (Å²) in [4.78, 5) is 12.3. The summed E-state index contributed by atoms with van der Waals surface area (Å²) >= 11 is 0. The smallest absolute Gasteiger partial charge is 0.281 e. The molecule has 1 saturated heterocycles. The van der Waals surface area contributed by atoms with E-state index in [1.54, 1.807) is 32.0 Å². The summed E-state index contributed by atoms with van der Waals surface area (Å²) in [7, 11) is -3.66. The Balaban J connectivity index is 1.81. The summed E-state index contributed by atoms with van der Waals surface area (Å²) in [6.45, 7) is 4.44. The highest BCUT2D eigenvalue weighted by Gasteiger charge is 2.48. The summed E-state index contributed by atoms with van der Waals surface area (Å²) in [5.74, 6) is -0.509. The van der Waals surface area contributed by atoms with Crippen LogP contribution in [0.15, 0.2) is 34.9 Å². The second-order valence-electron chi connectivity index (χ2n) is 7.18. The van der Waals surface area contributed by atoms with Crippen molar-refractivity contribution in [3.8, 4) is 11.3 Å². The molecule has 0 saturated carbocycles. The Kier molecular flexibility index (Phi) is 6.06. The largest absolute Gasteiger partial charge is 0.369 e. The molecule has 10 heteroatoms. The molecule has 1 aromatic carbocycles. The van der Waals surface area contributed by atoms with Crippen LogP contribution in [-0.2, 0) is 21.4 Å². The highest BCUT2D eigenvalue weighted by Crippen LogP contribution is 2.36. The van der Waals surface area contributed by atoms with Crippen molar-refractivity contribution in [3.05, 3.63) is 41.9 Å². The van der Waals surface area contributed by atoms with Crippen LogP contribution in [0, 0.1) is 11.2 Å². The fourth-order valence-electron chi connectivity index (χ4n) is 3.66. The van der Waals surface area contributed by atoms with Gasteiger partial charge in [0.05, 0.1) is 5.41 Å². The summed E-state index contributed by atoms with van der Waals surface area (Å²) in [5.41, 5.74) is 5.79. The van der Waals surface area contributed by atoms with E-state index >= 15 is 0 Å². The van der Waals surface area contributed by atoms with Crippen LogP contribution >= 0.6 is 0 Å². The first-order chi connectivity index (χ1) is 13.7. The van der Waals surface area contributed by atoms with E-state index in [1.165, 1.54) is 20.7 Å². The topological polar surface area (TPSA) is 110 Å². The van der Waals surface area contributed by atoms with Gasteiger partial charge >= 0.3 is 0 Å². The van der Waals surface area contributed by atoms with Gasteiger partial charge < -0.3 is 10.3 Å². The summed E-state index contributed by atoms with van der Waals surface area (Å²) in [6, 6.07) is 7.46. The molecule has 0 bridgehead atoms. The SMILES string of the molecule is CCN(CC)S(=O)(=O)N1CC[C@@](Cc2cc(-c3ccc(F)cc3)no2)(C(N)=O)C1. The van der Waals surface area contributed by atoms with E-state index in [-0.39, 0.29) is 25.3 Å². The van der Waals surface area contributed by atoms with E-state index < -0.39 is 21.5 Å². The van der Waals surface area contributed by atoms with Crippen molar-refractivity contribution in [3.63, 3.8) is 0 Å². The van der Waals surface area contributed by atoms with Gasteiger partial charge in [0.15, 0.2) is 0 Å². The number of nitrogens with two attached hydrogens (primary N) is 1. The van der Waals surface area contributed by atoms with E-state index in [0.29, 0.717) is 36.5 Å². The number of carbonyl (C=O) groups is 1. The van der Waals surface area contributed by atoms with Gasteiger partial charge in [0.2, 0.25) is 5.91 Å². The standard InChI is InChI=1S/C19H25FN4O4S/c1-3-23(4-2)29(26,27)24-10-9-19(13-24,18(21)25)12-16-11-17(22-28-16)14-5-7-15(20)8-6-14/h5-8,11H,3-4,9-10,12-13H2,1-2H3,(H2,21,25)/t19-/m0/s1. The highest BCUT2D eigenvalue weighted by molar-refractivity contribution is 7.86. The van der Waals surface area contributed by atoms with E-state index in [2.05, 4.69) is 5.16 Å². The van der Waals surface area contributed by atoms with E-state index in [1.807, 2.05) is 0 Å². The van der Waals surface area contributed by atoms with E-state index in [0.717, 1.165) is 0 Å². The Hall–Kier alpha value is -2.30. The zero-order valence-corrected chi connectivity index (χ0v) is 17.3. The molecule has 1 aliphatic heterocycles. The minimum Gasteiger partial charge on any atom is -0.369 e. The van der Waals surface area contributed by atoms with Crippen molar-refractivity contribution in [2.24, 2.45) is 11.1 Å². The third-order valence-corrected chi connectivity index (χ3v) is 7.54. The predicted octanol–water partition coefficient (Wildman–Crippen LogP) is 1.79. The van der Waals surface area contributed by atoms with Gasteiger partial charge in [-0.1, -0.05) is 19.0 Å². The van der Waals surface area contributed by atoms with Gasteiger partial charge in [-0.3, -0.25) is 4.79 Å². The number of carbonyl (C=O) groups excluding carboxylic acids is 1. The molecule has 1 aliphatic rings. The molecule has 0 spiro atoms. The number of primary amides is 1. The second kappa shape index (κ2) is 8.21. The van der Waals surface area contributed by atoms with Crippen LogP contribution in [0.25, 0.3) is 11.3 Å². The van der Waals surface area contributed by atoms with Gasteiger partial charge in [-0.2, -0.15) is 17.0 Å². The van der Waals surface area contributed by atoms with Crippen molar-refractivity contribution in [2.75, 3.05) is 26.2 Å². The molecular formula is C19H25FN4O4S. The van der Waals surface area contributed by atoms with Crippen LogP contribution in [0.4, 0.5) is 4.39 Å². The zero-order valence-electron chi connectivity index (χ0n) is 16.5. The van der Waals surface area contributed by atoms with Gasteiger partial charge in [0.25, 0.3) is 10.2 Å². The molecule has 8 nitrogen and oxygen atoms in total. The highest BCUT2D eigenvalue weighted by atomic mass is 32.2. The molecular weight excluding hydrogens is 399 g/mol. The number of nitrogens with zero attached hydrogens (tertiary/aromatic N) is 3. The lowest BCUT2D eigenvalue weighted by molar-refractivity contribution is -0.127. The zero-order chi connectivity index (χ0) is 21.2. The average Bonchev–Trinajstić information content (AvgIpc) is 3.32. The van der Waals surface area contributed by atoms with Gasteiger partial charge in [-0.05, 0) is 30.7 Å². The number of halogens is 1. The molecule has 0 radical (unpaired) electrons. The average molecular weight is 424 g/mol. The summed E-state index contributed by atoms with van der Waals surface area (Å²) in [5, 5.41) is 3.98. The van der Waals surface area contributed by atoms with Gasteiger partial charge in [0.1, 0.15) is 17.3 Å². The number of hydrogen-bond donors (Lipinski definition) is 1. The predicted molar refractivity (Wildman–Crippen MR) is 105 cm³/mol. The van der Waals surface area contributed by atoms with E-state index in [9.17, 15) is 17.6 Å². The molecule has 3 rings (SSSR count). The summed E-state index contributed by atoms with van der Waals surface area (Å²) < 4.78 is 46.7. The number of rotatable bonds is 8. The van der Waals surface area contributed by atoms with E-state index in [4.69, 9.17) is 10.3 Å². The Morgan fingerprint density at radius 1 is 1.31 bits per heavy atom. The second-order valence-corrected chi connectivity index (χ2v) is 9.11. The Bertz CT molecular complexity index is 972. The minimum absolute atomic E-state index is 0.00620. The van der Waals surface area contributed by atoms with Gasteiger partial charge in [-0.15, -0.1) is 0 Å². The minimum atomic E-state index is -3.66. The van der Waals surface area contributed by atoms with Crippen molar-refractivity contribution < 1.29 is 22.1 Å². The lowest BCUT2D eigenvalue weighted by Crippen LogP contribution is -2.46. The molecule has 2 aromatic rings. The molecule has 29 heavy (non-hydrogen) atoms. The molecule has 2 N–H and O–H groups in total. The van der Waals surface area contributed by atoms with Crippen molar-refractivity contribution in [1.29, 1.82) is 0 Å². The monoisotopic (exact) mass is 424 g/mol. The normalized spacial score (nSPS) is 20.4. The van der Waals surface area contributed by atoms with Crippen molar-refractivity contribution in [1.82, 2.24) is 13.8 Å². The van der Waals surface area contributed by atoms with Crippen molar-refractivity contribution in [2.45, 2.75) is 26.7 Å².